The van der Waals surface area contributed by atoms with Crippen molar-refractivity contribution in [2.24, 2.45) is 0 Å². The van der Waals surface area contributed by atoms with E-state index in [4.69, 9.17) is 20.6 Å². The topological polar surface area (TPSA) is 123 Å². The second kappa shape index (κ2) is 5.99. The van der Waals surface area contributed by atoms with Crippen molar-refractivity contribution in [3.05, 3.63) is 52.5 Å². The minimum atomic E-state index is -0.849. The third-order valence-corrected chi connectivity index (χ3v) is 3.50. The zero-order valence-electron chi connectivity index (χ0n) is 12.8. The van der Waals surface area contributed by atoms with E-state index >= 15 is 0 Å². The largest absolute Gasteiger partial charge is 0.513 e. The van der Waals surface area contributed by atoms with E-state index in [0.29, 0.717) is 22.5 Å². The Hall–Kier alpha value is -3.42. The van der Waals surface area contributed by atoms with Crippen molar-refractivity contribution >= 4 is 28.6 Å². The van der Waals surface area contributed by atoms with Crippen molar-refractivity contribution in [1.82, 2.24) is 4.57 Å². The normalized spacial score (nSPS) is 10.7. The molecule has 4 N–H and O–H groups in total. The number of anilines is 2. The molecule has 0 saturated heterocycles. The number of oxazole rings is 1. The van der Waals surface area contributed by atoms with E-state index in [1.54, 1.807) is 24.3 Å². The molecule has 0 aliphatic heterocycles. The molecule has 8 nitrogen and oxygen atoms in total. The first-order chi connectivity index (χ1) is 11.5. The molecule has 0 amide bonds. The zero-order valence-corrected chi connectivity index (χ0v) is 12.8. The van der Waals surface area contributed by atoms with Gasteiger partial charge in [-0.1, -0.05) is 6.07 Å². The van der Waals surface area contributed by atoms with Gasteiger partial charge in [0, 0.05) is 6.07 Å². The number of methoxy groups -OCH3 is 1. The Morgan fingerprint density at radius 2 is 1.96 bits per heavy atom. The van der Waals surface area contributed by atoms with Crippen molar-refractivity contribution < 1.29 is 18.7 Å². The van der Waals surface area contributed by atoms with Crippen LogP contribution in [-0.2, 0) is 11.3 Å². The third kappa shape index (κ3) is 2.89. The summed E-state index contributed by atoms with van der Waals surface area (Å²) < 4.78 is 16.0. The van der Waals surface area contributed by atoms with Crippen LogP contribution in [-0.4, -0.2) is 17.8 Å². The fourth-order valence-corrected chi connectivity index (χ4v) is 2.30. The van der Waals surface area contributed by atoms with Crippen LogP contribution in [0.3, 0.4) is 0 Å². The van der Waals surface area contributed by atoms with Gasteiger partial charge in [-0.15, -0.1) is 0 Å². The smallest absolute Gasteiger partial charge is 0.437 e. The summed E-state index contributed by atoms with van der Waals surface area (Å²) in [5, 5.41) is 0. The fraction of sp³-hybridized carbons (Fsp3) is 0.125. The number of hydrogen-bond donors (Lipinski definition) is 2. The van der Waals surface area contributed by atoms with E-state index < -0.39 is 11.9 Å². The lowest BCUT2D eigenvalue weighted by Crippen LogP contribution is -2.15. The Kier molecular flexibility index (Phi) is 3.87. The Bertz CT molecular complexity index is 973. The van der Waals surface area contributed by atoms with Crippen LogP contribution >= 0.6 is 0 Å². The maximum atomic E-state index is 12.1. The first-order valence-corrected chi connectivity index (χ1v) is 7.01. The summed E-state index contributed by atoms with van der Waals surface area (Å²) in [7, 11) is 1.21. The highest BCUT2D eigenvalue weighted by molar-refractivity contribution is 5.76. The molecule has 1 aromatic heterocycles. The summed E-state index contributed by atoms with van der Waals surface area (Å²) in [5.74, 6) is -0.295. The van der Waals surface area contributed by atoms with Crippen molar-refractivity contribution in [3.8, 4) is 5.75 Å². The lowest BCUT2D eigenvalue weighted by atomic mass is 10.1. The number of fused-ring (bicyclic) bond motifs is 1. The van der Waals surface area contributed by atoms with E-state index in [2.05, 4.69) is 4.74 Å². The lowest BCUT2D eigenvalue weighted by molar-refractivity contribution is 0.121. The van der Waals surface area contributed by atoms with Gasteiger partial charge in [0.15, 0.2) is 5.58 Å². The van der Waals surface area contributed by atoms with Crippen molar-refractivity contribution in [2.75, 3.05) is 18.6 Å². The van der Waals surface area contributed by atoms with Gasteiger partial charge in [-0.05, 0) is 29.8 Å². The molecule has 124 valence electrons. The Morgan fingerprint density at radius 1 is 1.17 bits per heavy atom. The van der Waals surface area contributed by atoms with E-state index in [1.165, 1.54) is 23.8 Å². The molecule has 2 aromatic carbocycles. The standard InChI is InChI=1S/C16H15N3O5/c1-22-16(21)23-10-3-5-14-13(7-10)19(15(20)24-14)8-9-2-4-11(17)12(18)6-9/h2-7H,8,17-18H2,1H3. The van der Waals surface area contributed by atoms with Crippen LogP contribution in [0.15, 0.2) is 45.6 Å². The molecular formula is C16H15N3O5. The molecule has 8 heteroatoms. The second-order valence-electron chi connectivity index (χ2n) is 5.10. The summed E-state index contributed by atoms with van der Waals surface area (Å²) >= 11 is 0. The number of carbonyl (C=O) groups excluding carboxylic acids is 1. The summed E-state index contributed by atoms with van der Waals surface area (Å²) in [6.45, 7) is 0.234. The van der Waals surface area contributed by atoms with Gasteiger partial charge in [0.25, 0.3) is 0 Å². The van der Waals surface area contributed by atoms with E-state index in [-0.39, 0.29) is 12.3 Å². The van der Waals surface area contributed by atoms with Crippen LogP contribution in [0.5, 0.6) is 5.75 Å². The van der Waals surface area contributed by atoms with Gasteiger partial charge in [0.1, 0.15) is 5.75 Å². The molecule has 0 radical (unpaired) electrons. The average molecular weight is 329 g/mol. The number of hydrogen-bond acceptors (Lipinski definition) is 7. The highest BCUT2D eigenvalue weighted by Crippen LogP contribution is 2.22. The van der Waals surface area contributed by atoms with E-state index in [0.717, 1.165) is 5.56 Å². The van der Waals surface area contributed by atoms with Crippen LogP contribution in [0.4, 0.5) is 16.2 Å². The van der Waals surface area contributed by atoms with Crippen LogP contribution in [0.2, 0.25) is 0 Å². The molecule has 0 bridgehead atoms. The minimum absolute atomic E-state index is 0.234. The molecule has 1 heterocycles. The second-order valence-corrected chi connectivity index (χ2v) is 5.10. The van der Waals surface area contributed by atoms with Crippen LogP contribution in [0.1, 0.15) is 5.56 Å². The maximum Gasteiger partial charge on any atom is 0.513 e. The predicted molar refractivity (Wildman–Crippen MR) is 87.9 cm³/mol. The third-order valence-electron chi connectivity index (χ3n) is 3.50. The summed E-state index contributed by atoms with van der Waals surface area (Å²) in [4.78, 5) is 23.3. The fourth-order valence-electron chi connectivity index (χ4n) is 2.30. The Balaban J connectivity index is 2.01. The van der Waals surface area contributed by atoms with Gasteiger partial charge in [-0.3, -0.25) is 4.57 Å². The highest BCUT2D eigenvalue weighted by atomic mass is 16.7. The molecule has 0 aliphatic rings. The Labute approximate surface area is 136 Å². The predicted octanol–water partition coefficient (Wildman–Crippen LogP) is 1.95. The number of rotatable bonds is 3. The minimum Gasteiger partial charge on any atom is -0.437 e. The number of nitrogens with zero attached hydrogens (tertiary/aromatic N) is 1. The van der Waals surface area contributed by atoms with E-state index in [9.17, 15) is 9.59 Å². The first kappa shape index (κ1) is 15.5. The summed E-state index contributed by atoms with van der Waals surface area (Å²) in [6.07, 6.45) is -0.849. The molecular weight excluding hydrogens is 314 g/mol. The quantitative estimate of drug-likeness (QED) is 0.427. The number of aromatic nitrogens is 1. The molecule has 0 aliphatic carbocycles. The molecule has 3 aromatic rings. The van der Waals surface area contributed by atoms with E-state index in [1.807, 2.05) is 0 Å². The molecule has 24 heavy (non-hydrogen) atoms. The molecule has 0 unspecified atom stereocenters. The number of benzene rings is 2. The lowest BCUT2D eigenvalue weighted by Gasteiger charge is -2.07. The number of ether oxygens (including phenoxy) is 2. The summed E-state index contributed by atoms with van der Waals surface area (Å²) in [5.41, 5.74) is 14.0. The van der Waals surface area contributed by atoms with Crippen molar-refractivity contribution in [2.45, 2.75) is 6.54 Å². The van der Waals surface area contributed by atoms with Crippen LogP contribution in [0, 0.1) is 0 Å². The van der Waals surface area contributed by atoms with Crippen LogP contribution < -0.4 is 22.0 Å². The van der Waals surface area contributed by atoms with Gasteiger partial charge < -0.3 is 25.4 Å². The van der Waals surface area contributed by atoms with Gasteiger partial charge >= 0.3 is 11.9 Å². The molecule has 0 fully saturated rings. The SMILES string of the molecule is COC(=O)Oc1ccc2oc(=O)n(Cc3ccc(N)c(N)c3)c2c1. The molecule has 3 rings (SSSR count). The zero-order chi connectivity index (χ0) is 17.3. The van der Waals surface area contributed by atoms with Crippen molar-refractivity contribution in [1.29, 1.82) is 0 Å². The number of carbonyl (C=O) groups is 1. The maximum absolute atomic E-state index is 12.1. The molecule has 0 atom stereocenters. The van der Waals surface area contributed by atoms with Crippen LogP contribution in [0.25, 0.3) is 11.1 Å². The first-order valence-electron chi connectivity index (χ1n) is 7.01. The highest BCUT2D eigenvalue weighted by Gasteiger charge is 2.13. The average Bonchev–Trinajstić information content (AvgIpc) is 2.86. The summed E-state index contributed by atoms with van der Waals surface area (Å²) in [6, 6.07) is 9.71. The molecule has 0 saturated carbocycles. The van der Waals surface area contributed by atoms with Gasteiger partial charge in [-0.25, -0.2) is 9.59 Å². The molecule has 0 spiro atoms. The van der Waals surface area contributed by atoms with Gasteiger partial charge in [0.2, 0.25) is 0 Å². The number of nitrogens with two attached hydrogens (primary N) is 2. The van der Waals surface area contributed by atoms with Gasteiger partial charge in [-0.2, -0.15) is 0 Å². The Morgan fingerprint density at radius 3 is 2.67 bits per heavy atom. The van der Waals surface area contributed by atoms with Gasteiger partial charge in [0.05, 0.1) is 30.5 Å². The monoisotopic (exact) mass is 329 g/mol. The number of nitrogen functional groups attached to an aromatic ring is 2. The van der Waals surface area contributed by atoms with Crippen molar-refractivity contribution in [3.63, 3.8) is 0 Å².